The van der Waals surface area contributed by atoms with Crippen molar-refractivity contribution < 1.29 is 27.5 Å². The molecule has 0 aliphatic carbocycles. The summed E-state index contributed by atoms with van der Waals surface area (Å²) in [4.78, 5) is 26.4. The van der Waals surface area contributed by atoms with Crippen LogP contribution in [-0.2, 0) is 19.6 Å². The summed E-state index contributed by atoms with van der Waals surface area (Å²) >= 11 is 0. The minimum atomic E-state index is -3.77. The average molecular weight is 600 g/mol. The first kappa shape index (κ1) is 29.9. The predicted molar refractivity (Wildman–Crippen MR) is 165 cm³/mol. The lowest BCUT2D eigenvalue weighted by Gasteiger charge is -2.22. The summed E-state index contributed by atoms with van der Waals surface area (Å²) in [7, 11) is -2.18. The Morgan fingerprint density at radius 1 is 0.907 bits per heavy atom. The number of fused-ring (bicyclic) bond motifs is 1. The van der Waals surface area contributed by atoms with E-state index in [9.17, 15) is 18.0 Å². The van der Waals surface area contributed by atoms with Crippen LogP contribution in [0.4, 0.5) is 0 Å². The fraction of sp³-hybridized carbons (Fsp3) is 0.242. The molecule has 0 saturated heterocycles. The van der Waals surface area contributed by atoms with Gasteiger partial charge in [0.05, 0.1) is 29.3 Å². The standard InChI is InChI=1S/C33H33N3O6S/c1-4-35(5-2)43(39,40)29-12-8-11-27(20-29)33(38)42-22-32(37)36-31(24-15-17-28(41-3)18-16-24)21-30(34-36)26-14-13-23-9-6-7-10-25(23)19-26/h6-20,31H,4-5,21-22H2,1-3H3/t31-/m1/s1. The van der Waals surface area contributed by atoms with Crippen LogP contribution in [0, 0.1) is 0 Å². The molecule has 0 spiro atoms. The summed E-state index contributed by atoms with van der Waals surface area (Å²) < 4.78 is 37.8. The second-order valence-corrected chi connectivity index (χ2v) is 12.0. The fourth-order valence-electron chi connectivity index (χ4n) is 5.14. The first-order valence-corrected chi connectivity index (χ1v) is 15.5. The number of rotatable bonds is 10. The van der Waals surface area contributed by atoms with Gasteiger partial charge in [-0.25, -0.2) is 18.2 Å². The summed E-state index contributed by atoms with van der Waals surface area (Å²) in [6.45, 7) is 3.53. The van der Waals surface area contributed by atoms with Gasteiger partial charge in [0, 0.05) is 19.5 Å². The Balaban J connectivity index is 1.37. The molecule has 10 heteroatoms. The number of hydrazone groups is 1. The van der Waals surface area contributed by atoms with E-state index in [1.54, 1.807) is 21.0 Å². The van der Waals surface area contributed by atoms with Gasteiger partial charge in [0.15, 0.2) is 6.61 Å². The average Bonchev–Trinajstić information content (AvgIpc) is 3.49. The molecule has 1 amide bonds. The van der Waals surface area contributed by atoms with Gasteiger partial charge in [0.25, 0.3) is 5.91 Å². The highest BCUT2D eigenvalue weighted by molar-refractivity contribution is 7.89. The highest BCUT2D eigenvalue weighted by Crippen LogP contribution is 2.34. The molecule has 222 valence electrons. The third-order valence-electron chi connectivity index (χ3n) is 7.49. The maximum Gasteiger partial charge on any atom is 0.338 e. The minimum Gasteiger partial charge on any atom is -0.497 e. The first-order valence-electron chi connectivity index (χ1n) is 14.0. The van der Waals surface area contributed by atoms with E-state index in [0.29, 0.717) is 25.3 Å². The van der Waals surface area contributed by atoms with Crippen molar-refractivity contribution in [3.8, 4) is 5.75 Å². The molecule has 0 aromatic heterocycles. The Bertz CT molecular complexity index is 1780. The number of carbonyl (C=O) groups excluding carboxylic acids is 2. The fourth-order valence-corrected chi connectivity index (χ4v) is 6.65. The van der Waals surface area contributed by atoms with Crippen molar-refractivity contribution in [3.63, 3.8) is 0 Å². The van der Waals surface area contributed by atoms with Crippen LogP contribution >= 0.6 is 0 Å². The second kappa shape index (κ2) is 12.8. The number of nitrogens with zero attached hydrogens (tertiary/aromatic N) is 3. The molecule has 43 heavy (non-hydrogen) atoms. The van der Waals surface area contributed by atoms with Gasteiger partial charge >= 0.3 is 5.97 Å². The van der Waals surface area contributed by atoms with E-state index in [-0.39, 0.29) is 10.5 Å². The summed E-state index contributed by atoms with van der Waals surface area (Å²) in [6, 6.07) is 26.7. The van der Waals surface area contributed by atoms with Gasteiger partial charge in [-0.2, -0.15) is 9.41 Å². The number of esters is 1. The highest BCUT2D eigenvalue weighted by Gasteiger charge is 2.34. The summed E-state index contributed by atoms with van der Waals surface area (Å²) in [5.41, 5.74) is 2.53. The molecule has 0 saturated carbocycles. The zero-order valence-corrected chi connectivity index (χ0v) is 25.1. The van der Waals surface area contributed by atoms with Crippen LogP contribution in [-0.4, -0.2) is 62.1 Å². The Labute approximate surface area is 251 Å². The Hall–Kier alpha value is -4.54. The number of ether oxygens (including phenoxy) is 2. The Kier molecular flexibility index (Phi) is 8.89. The molecule has 1 aliphatic heterocycles. The van der Waals surface area contributed by atoms with Gasteiger partial charge in [-0.3, -0.25) is 4.79 Å². The van der Waals surface area contributed by atoms with Gasteiger partial charge < -0.3 is 9.47 Å². The maximum absolute atomic E-state index is 13.5. The van der Waals surface area contributed by atoms with Crippen molar-refractivity contribution in [2.45, 2.75) is 31.2 Å². The molecular formula is C33H33N3O6S. The van der Waals surface area contributed by atoms with Crippen LogP contribution in [0.3, 0.4) is 0 Å². The molecule has 1 atom stereocenters. The number of amides is 1. The van der Waals surface area contributed by atoms with E-state index in [1.165, 1.54) is 33.6 Å². The molecule has 0 radical (unpaired) electrons. The summed E-state index contributed by atoms with van der Waals surface area (Å²) in [5.74, 6) is -0.616. The minimum absolute atomic E-state index is 0.0132. The number of carbonyl (C=O) groups is 2. The topological polar surface area (TPSA) is 106 Å². The quantitative estimate of drug-likeness (QED) is 0.226. The summed E-state index contributed by atoms with van der Waals surface area (Å²) in [5, 5.41) is 8.22. The van der Waals surface area contributed by atoms with Crippen molar-refractivity contribution in [2.24, 2.45) is 5.10 Å². The van der Waals surface area contributed by atoms with Crippen molar-refractivity contribution in [1.29, 1.82) is 0 Å². The molecule has 0 fully saturated rings. The van der Waals surface area contributed by atoms with Crippen LogP contribution in [0.1, 0.15) is 47.8 Å². The van der Waals surface area contributed by atoms with Gasteiger partial charge in [-0.05, 0) is 58.3 Å². The molecule has 4 aromatic rings. The molecule has 5 rings (SSSR count). The lowest BCUT2D eigenvalue weighted by Crippen LogP contribution is -2.31. The van der Waals surface area contributed by atoms with Gasteiger partial charge in [0.1, 0.15) is 5.75 Å². The van der Waals surface area contributed by atoms with Crippen LogP contribution < -0.4 is 4.74 Å². The normalized spacial score (nSPS) is 15.0. The van der Waals surface area contributed by atoms with E-state index < -0.39 is 34.5 Å². The van der Waals surface area contributed by atoms with Crippen LogP contribution in [0.25, 0.3) is 10.8 Å². The van der Waals surface area contributed by atoms with E-state index in [4.69, 9.17) is 14.6 Å². The van der Waals surface area contributed by atoms with E-state index in [1.807, 2.05) is 66.7 Å². The predicted octanol–water partition coefficient (Wildman–Crippen LogP) is 5.41. The largest absolute Gasteiger partial charge is 0.497 e. The summed E-state index contributed by atoms with van der Waals surface area (Å²) in [6.07, 6.45) is 0.468. The second-order valence-electron chi connectivity index (χ2n) is 10.0. The Morgan fingerprint density at radius 3 is 2.33 bits per heavy atom. The molecule has 0 unspecified atom stereocenters. The SMILES string of the molecule is CCN(CC)S(=O)(=O)c1cccc(C(=O)OCC(=O)N2N=C(c3ccc4ccccc4c3)C[C@@H]2c2ccc(OC)cc2)c1. The first-order chi connectivity index (χ1) is 20.7. The van der Waals surface area contributed by atoms with E-state index in [2.05, 4.69) is 0 Å². The zero-order chi connectivity index (χ0) is 30.6. The number of hydrogen-bond donors (Lipinski definition) is 0. The van der Waals surface area contributed by atoms with Gasteiger partial charge in [-0.1, -0.05) is 68.4 Å². The molecule has 9 nitrogen and oxygen atoms in total. The van der Waals surface area contributed by atoms with Crippen molar-refractivity contribution in [2.75, 3.05) is 26.8 Å². The molecule has 4 aromatic carbocycles. The lowest BCUT2D eigenvalue weighted by atomic mass is 9.97. The monoisotopic (exact) mass is 599 g/mol. The molecule has 0 N–H and O–H groups in total. The number of sulfonamides is 1. The number of hydrogen-bond acceptors (Lipinski definition) is 7. The van der Waals surface area contributed by atoms with E-state index in [0.717, 1.165) is 27.6 Å². The molecular weight excluding hydrogens is 566 g/mol. The third kappa shape index (κ3) is 6.30. The highest BCUT2D eigenvalue weighted by atomic mass is 32.2. The number of methoxy groups -OCH3 is 1. The van der Waals surface area contributed by atoms with Gasteiger partial charge in [-0.15, -0.1) is 0 Å². The third-order valence-corrected chi connectivity index (χ3v) is 9.53. The van der Waals surface area contributed by atoms with E-state index >= 15 is 0 Å². The van der Waals surface area contributed by atoms with Crippen LogP contribution in [0.2, 0.25) is 0 Å². The number of benzene rings is 4. The van der Waals surface area contributed by atoms with Crippen LogP contribution in [0.5, 0.6) is 5.75 Å². The Morgan fingerprint density at radius 2 is 1.63 bits per heavy atom. The van der Waals surface area contributed by atoms with Gasteiger partial charge in [0.2, 0.25) is 10.0 Å². The van der Waals surface area contributed by atoms with Crippen molar-refractivity contribution >= 4 is 38.4 Å². The molecule has 0 bridgehead atoms. The van der Waals surface area contributed by atoms with Crippen molar-refractivity contribution in [1.82, 2.24) is 9.31 Å². The lowest BCUT2D eigenvalue weighted by molar-refractivity contribution is -0.136. The van der Waals surface area contributed by atoms with Crippen molar-refractivity contribution in [3.05, 3.63) is 108 Å². The smallest absolute Gasteiger partial charge is 0.338 e. The molecule has 1 aliphatic rings. The maximum atomic E-state index is 13.5. The molecule has 1 heterocycles. The zero-order valence-electron chi connectivity index (χ0n) is 24.3. The van der Waals surface area contributed by atoms with Crippen LogP contribution in [0.15, 0.2) is 101 Å².